The minimum absolute atomic E-state index is 0.100. The molecule has 0 N–H and O–H groups in total. The Balaban J connectivity index is 1.74. The first-order valence-electron chi connectivity index (χ1n) is 8.65. The lowest BCUT2D eigenvalue weighted by Crippen LogP contribution is -2.41. The van der Waals surface area contributed by atoms with Crippen LogP contribution in [0.15, 0.2) is 18.2 Å². The maximum Gasteiger partial charge on any atom is 0.349 e. The fourth-order valence-corrected chi connectivity index (χ4v) is 4.43. The van der Waals surface area contributed by atoms with Crippen LogP contribution in [0.5, 0.6) is 0 Å². The zero-order valence-electron chi connectivity index (χ0n) is 14.9. The highest BCUT2D eigenvalue weighted by Gasteiger charge is 2.25. The number of ether oxygens (including phenoxy) is 2. The third-order valence-electron chi connectivity index (χ3n) is 4.57. The van der Waals surface area contributed by atoms with Gasteiger partial charge in [0.2, 0.25) is 0 Å². The van der Waals surface area contributed by atoms with Gasteiger partial charge >= 0.3 is 5.97 Å². The molecular formula is C19H22FNO4S. The van der Waals surface area contributed by atoms with Gasteiger partial charge < -0.3 is 14.4 Å². The zero-order chi connectivity index (χ0) is 18.7. The lowest BCUT2D eigenvalue weighted by molar-refractivity contribution is -0.136. The molecule has 0 spiro atoms. The highest BCUT2D eigenvalue weighted by Crippen LogP contribution is 2.34. The van der Waals surface area contributed by atoms with Crippen molar-refractivity contribution in [3.8, 4) is 0 Å². The van der Waals surface area contributed by atoms with E-state index < -0.39 is 11.8 Å². The maximum absolute atomic E-state index is 14.2. The van der Waals surface area contributed by atoms with E-state index in [2.05, 4.69) is 6.92 Å². The number of methoxy groups -OCH3 is 1. The number of carbonyl (C=O) groups is 2. The molecule has 0 unspecified atom stereocenters. The Morgan fingerprint density at radius 2 is 2.19 bits per heavy atom. The van der Waals surface area contributed by atoms with Crippen molar-refractivity contribution in [1.82, 2.24) is 4.90 Å². The number of rotatable bonds is 5. The van der Waals surface area contributed by atoms with Crippen LogP contribution in [0.25, 0.3) is 10.1 Å². The summed E-state index contributed by atoms with van der Waals surface area (Å²) >= 11 is 1.15. The first-order valence-corrected chi connectivity index (χ1v) is 9.46. The predicted octanol–water partition coefficient (Wildman–Crippen LogP) is 3.60. The SMILES string of the molecule is COCc1c(C(=O)OCC(=O)N2CCC[C@@H](C)C2)sc2cccc(F)c12. The standard InChI is InChI=1S/C19H22FNO4S/c1-12-5-4-8-21(9-12)16(22)11-25-19(23)18-13(10-24-2)17-14(20)6-3-7-15(17)26-18/h3,6-7,12H,4-5,8-11H2,1-2H3/t12-/m1/s1. The van der Waals surface area contributed by atoms with Crippen molar-refractivity contribution in [1.29, 1.82) is 0 Å². The summed E-state index contributed by atoms with van der Waals surface area (Å²) < 4.78 is 25.2. The van der Waals surface area contributed by atoms with Crippen molar-refractivity contribution in [3.63, 3.8) is 0 Å². The summed E-state index contributed by atoms with van der Waals surface area (Å²) in [5.41, 5.74) is 0.467. The molecule has 1 aromatic heterocycles. The van der Waals surface area contributed by atoms with Crippen molar-refractivity contribution in [2.45, 2.75) is 26.4 Å². The lowest BCUT2D eigenvalue weighted by atomic mass is 10.0. The number of amides is 1. The molecule has 5 nitrogen and oxygen atoms in total. The van der Waals surface area contributed by atoms with Gasteiger partial charge in [0.1, 0.15) is 10.7 Å². The summed E-state index contributed by atoms with van der Waals surface area (Å²) in [7, 11) is 1.49. The van der Waals surface area contributed by atoms with E-state index in [1.165, 1.54) is 13.2 Å². The van der Waals surface area contributed by atoms with Crippen LogP contribution in [0.2, 0.25) is 0 Å². The number of piperidine rings is 1. The van der Waals surface area contributed by atoms with Crippen molar-refractivity contribution in [3.05, 3.63) is 34.5 Å². The monoisotopic (exact) mass is 379 g/mol. The van der Waals surface area contributed by atoms with Gasteiger partial charge in [0.05, 0.1) is 6.61 Å². The van der Waals surface area contributed by atoms with Gasteiger partial charge in [-0.2, -0.15) is 0 Å². The van der Waals surface area contributed by atoms with Gasteiger partial charge in [-0.05, 0) is 30.9 Å². The first kappa shape index (κ1) is 18.8. The second-order valence-corrected chi connectivity index (χ2v) is 7.67. The Labute approximate surface area is 155 Å². The Morgan fingerprint density at radius 1 is 1.38 bits per heavy atom. The van der Waals surface area contributed by atoms with Gasteiger partial charge in [0.15, 0.2) is 6.61 Å². The molecule has 1 aliphatic rings. The molecular weight excluding hydrogens is 357 g/mol. The van der Waals surface area contributed by atoms with E-state index in [0.29, 0.717) is 34.7 Å². The third-order valence-corrected chi connectivity index (χ3v) is 5.75. The molecule has 26 heavy (non-hydrogen) atoms. The summed E-state index contributed by atoms with van der Waals surface area (Å²) in [6, 6.07) is 4.70. The molecule has 2 aromatic rings. The van der Waals surface area contributed by atoms with Crippen LogP contribution in [0.1, 0.15) is 35.0 Å². The van der Waals surface area contributed by atoms with E-state index in [1.807, 2.05) is 0 Å². The molecule has 140 valence electrons. The number of nitrogens with zero attached hydrogens (tertiary/aromatic N) is 1. The van der Waals surface area contributed by atoms with E-state index >= 15 is 0 Å². The number of halogens is 1. The fraction of sp³-hybridized carbons (Fsp3) is 0.474. The Bertz CT molecular complexity index is 819. The zero-order valence-corrected chi connectivity index (χ0v) is 15.7. The number of likely N-dealkylation sites (tertiary alicyclic amines) is 1. The van der Waals surface area contributed by atoms with E-state index in [9.17, 15) is 14.0 Å². The van der Waals surface area contributed by atoms with Crippen molar-refractivity contribution in [2.24, 2.45) is 5.92 Å². The molecule has 0 bridgehead atoms. The van der Waals surface area contributed by atoms with Crippen LogP contribution >= 0.6 is 11.3 Å². The van der Waals surface area contributed by atoms with Gasteiger partial charge in [0.25, 0.3) is 5.91 Å². The van der Waals surface area contributed by atoms with E-state index in [-0.39, 0.29) is 24.0 Å². The third kappa shape index (κ3) is 3.88. The first-order chi connectivity index (χ1) is 12.5. The molecule has 1 aromatic carbocycles. The number of hydrogen-bond donors (Lipinski definition) is 0. The molecule has 1 fully saturated rings. The molecule has 1 saturated heterocycles. The van der Waals surface area contributed by atoms with Crippen molar-refractivity contribution in [2.75, 3.05) is 26.8 Å². The Kier molecular flexibility index (Phi) is 5.88. The topological polar surface area (TPSA) is 55.8 Å². The predicted molar refractivity (Wildman–Crippen MR) is 97.8 cm³/mol. The van der Waals surface area contributed by atoms with E-state index in [1.54, 1.807) is 17.0 Å². The maximum atomic E-state index is 14.2. The molecule has 0 radical (unpaired) electrons. The highest BCUT2D eigenvalue weighted by molar-refractivity contribution is 7.21. The number of thiophene rings is 1. The van der Waals surface area contributed by atoms with Crippen LogP contribution < -0.4 is 0 Å². The second-order valence-electron chi connectivity index (χ2n) is 6.62. The number of fused-ring (bicyclic) bond motifs is 1. The van der Waals surface area contributed by atoms with Crippen LogP contribution in [-0.2, 0) is 20.9 Å². The number of esters is 1. The summed E-state index contributed by atoms with van der Waals surface area (Å²) in [4.78, 5) is 26.8. The fourth-order valence-electron chi connectivity index (χ4n) is 3.31. The normalized spacial score (nSPS) is 17.5. The molecule has 0 aliphatic carbocycles. The van der Waals surface area contributed by atoms with Gasteiger partial charge in [-0.3, -0.25) is 4.79 Å². The number of hydrogen-bond acceptors (Lipinski definition) is 5. The Morgan fingerprint density at radius 3 is 2.92 bits per heavy atom. The number of carbonyl (C=O) groups excluding carboxylic acids is 2. The summed E-state index contributed by atoms with van der Waals surface area (Å²) in [5, 5.41) is 0.377. The smallest absolute Gasteiger partial charge is 0.349 e. The minimum atomic E-state index is -0.615. The largest absolute Gasteiger partial charge is 0.451 e. The molecule has 1 atom stereocenters. The van der Waals surface area contributed by atoms with Gasteiger partial charge in [0, 0.05) is 35.8 Å². The average molecular weight is 379 g/mol. The molecule has 1 amide bonds. The summed E-state index contributed by atoms with van der Waals surface area (Å²) in [6.45, 7) is 3.30. The van der Waals surface area contributed by atoms with E-state index in [0.717, 1.165) is 24.2 Å². The van der Waals surface area contributed by atoms with Crippen LogP contribution in [0.4, 0.5) is 4.39 Å². The molecule has 2 heterocycles. The molecule has 1 aliphatic heterocycles. The van der Waals surface area contributed by atoms with Crippen LogP contribution in [0.3, 0.4) is 0 Å². The quantitative estimate of drug-likeness (QED) is 0.745. The van der Waals surface area contributed by atoms with Crippen LogP contribution in [0, 0.1) is 11.7 Å². The summed E-state index contributed by atoms with van der Waals surface area (Å²) in [6.07, 6.45) is 2.08. The van der Waals surface area contributed by atoms with Gasteiger partial charge in [-0.15, -0.1) is 11.3 Å². The van der Waals surface area contributed by atoms with E-state index in [4.69, 9.17) is 9.47 Å². The van der Waals surface area contributed by atoms with Gasteiger partial charge in [-0.1, -0.05) is 13.0 Å². The van der Waals surface area contributed by atoms with Gasteiger partial charge in [-0.25, -0.2) is 9.18 Å². The molecule has 7 heteroatoms. The molecule has 0 saturated carbocycles. The highest BCUT2D eigenvalue weighted by atomic mass is 32.1. The van der Waals surface area contributed by atoms with Crippen molar-refractivity contribution < 1.29 is 23.5 Å². The average Bonchev–Trinajstić information content (AvgIpc) is 3.00. The number of benzene rings is 1. The summed E-state index contributed by atoms with van der Waals surface area (Å²) in [5.74, 6) is -0.743. The minimum Gasteiger partial charge on any atom is -0.451 e. The Hall–Kier alpha value is -1.99. The molecule has 3 rings (SSSR count). The second kappa shape index (κ2) is 8.14. The van der Waals surface area contributed by atoms with Crippen LogP contribution in [-0.4, -0.2) is 43.6 Å². The lowest BCUT2D eigenvalue weighted by Gasteiger charge is -2.30. The van der Waals surface area contributed by atoms with Crippen molar-refractivity contribution >= 4 is 33.3 Å².